The summed E-state index contributed by atoms with van der Waals surface area (Å²) in [4.78, 5) is 4.78. The standard InChI is InChI=1S/C16H25N/c1-15(2,3)12-9-13(11-7-8-11)14(17-10-12)16(4,5)6/h9-11H,7-8H2,1-6H3. The smallest absolute Gasteiger partial charge is 0.0491 e. The van der Waals surface area contributed by atoms with Gasteiger partial charge in [0.25, 0.3) is 0 Å². The van der Waals surface area contributed by atoms with Gasteiger partial charge in [0.2, 0.25) is 0 Å². The molecule has 0 radical (unpaired) electrons. The Morgan fingerprint density at radius 1 is 1.00 bits per heavy atom. The van der Waals surface area contributed by atoms with Gasteiger partial charge in [-0.3, -0.25) is 4.98 Å². The van der Waals surface area contributed by atoms with E-state index in [0.29, 0.717) is 0 Å². The van der Waals surface area contributed by atoms with Crippen LogP contribution < -0.4 is 0 Å². The second-order valence-corrected chi connectivity index (χ2v) is 7.44. The molecule has 0 aliphatic heterocycles. The maximum absolute atomic E-state index is 4.78. The zero-order valence-electron chi connectivity index (χ0n) is 12.1. The monoisotopic (exact) mass is 231 g/mol. The molecule has 2 rings (SSSR count). The van der Waals surface area contributed by atoms with Crippen LogP contribution in [0.15, 0.2) is 12.3 Å². The van der Waals surface area contributed by atoms with Crippen molar-refractivity contribution < 1.29 is 0 Å². The largest absolute Gasteiger partial charge is 0.260 e. The molecule has 1 fully saturated rings. The number of rotatable bonds is 1. The van der Waals surface area contributed by atoms with Crippen molar-refractivity contribution in [1.82, 2.24) is 4.98 Å². The molecule has 0 aromatic carbocycles. The van der Waals surface area contributed by atoms with Gasteiger partial charge in [-0.2, -0.15) is 0 Å². The van der Waals surface area contributed by atoms with Crippen molar-refractivity contribution in [3.8, 4) is 0 Å². The predicted octanol–water partition coefficient (Wildman–Crippen LogP) is 4.55. The lowest BCUT2D eigenvalue weighted by Crippen LogP contribution is -2.19. The Bertz CT molecular complexity index is 414. The van der Waals surface area contributed by atoms with Crippen LogP contribution >= 0.6 is 0 Å². The fraction of sp³-hybridized carbons (Fsp3) is 0.688. The average molecular weight is 231 g/mol. The Morgan fingerprint density at radius 3 is 2.00 bits per heavy atom. The topological polar surface area (TPSA) is 12.9 Å². The second-order valence-electron chi connectivity index (χ2n) is 7.44. The van der Waals surface area contributed by atoms with Gasteiger partial charge in [0, 0.05) is 17.3 Å². The number of aromatic nitrogens is 1. The highest BCUT2D eigenvalue weighted by Crippen LogP contribution is 2.44. The first-order chi connectivity index (χ1) is 7.69. The minimum absolute atomic E-state index is 0.161. The van der Waals surface area contributed by atoms with Gasteiger partial charge in [-0.1, -0.05) is 47.6 Å². The van der Waals surface area contributed by atoms with Crippen molar-refractivity contribution >= 4 is 0 Å². The van der Waals surface area contributed by atoms with Gasteiger partial charge >= 0.3 is 0 Å². The van der Waals surface area contributed by atoms with Gasteiger partial charge in [0.05, 0.1) is 0 Å². The van der Waals surface area contributed by atoms with Gasteiger partial charge < -0.3 is 0 Å². The third kappa shape index (κ3) is 2.70. The van der Waals surface area contributed by atoms with E-state index in [2.05, 4.69) is 53.8 Å². The number of pyridine rings is 1. The molecular weight excluding hydrogens is 206 g/mol. The Labute approximate surface area is 106 Å². The Balaban J connectivity index is 2.49. The minimum atomic E-state index is 0.161. The summed E-state index contributed by atoms with van der Waals surface area (Å²) in [7, 11) is 0. The first-order valence-electron chi connectivity index (χ1n) is 6.70. The summed E-state index contributed by atoms with van der Waals surface area (Å²) >= 11 is 0. The fourth-order valence-corrected chi connectivity index (χ4v) is 2.22. The van der Waals surface area contributed by atoms with E-state index in [4.69, 9.17) is 4.98 Å². The molecular formula is C16H25N. The first-order valence-corrected chi connectivity index (χ1v) is 6.70. The lowest BCUT2D eigenvalue weighted by molar-refractivity contribution is 0.548. The van der Waals surface area contributed by atoms with Gasteiger partial charge in [0.15, 0.2) is 0 Å². The third-order valence-corrected chi connectivity index (χ3v) is 3.51. The first kappa shape index (κ1) is 12.6. The van der Waals surface area contributed by atoms with Crippen LogP contribution in [-0.4, -0.2) is 4.98 Å². The molecule has 0 unspecified atom stereocenters. The van der Waals surface area contributed by atoms with E-state index in [1.54, 1.807) is 0 Å². The van der Waals surface area contributed by atoms with Crippen molar-refractivity contribution in [3.05, 3.63) is 29.1 Å². The maximum atomic E-state index is 4.78. The quantitative estimate of drug-likeness (QED) is 0.690. The van der Waals surface area contributed by atoms with Crippen LogP contribution in [0.4, 0.5) is 0 Å². The highest BCUT2D eigenvalue weighted by molar-refractivity contribution is 5.37. The lowest BCUT2D eigenvalue weighted by atomic mass is 9.82. The summed E-state index contributed by atoms with van der Waals surface area (Å²) < 4.78 is 0. The molecule has 0 amide bonds. The summed E-state index contributed by atoms with van der Waals surface area (Å²) in [5, 5.41) is 0. The van der Waals surface area contributed by atoms with Crippen LogP contribution in [-0.2, 0) is 10.8 Å². The Hall–Kier alpha value is -0.850. The molecule has 0 N–H and O–H groups in total. The highest BCUT2D eigenvalue weighted by Gasteiger charge is 2.32. The Morgan fingerprint density at radius 2 is 1.59 bits per heavy atom. The molecule has 1 heteroatoms. The summed E-state index contributed by atoms with van der Waals surface area (Å²) in [6, 6.07) is 2.41. The fourth-order valence-electron chi connectivity index (χ4n) is 2.22. The molecule has 1 nitrogen and oxygen atoms in total. The zero-order valence-corrected chi connectivity index (χ0v) is 12.1. The molecule has 0 bridgehead atoms. The molecule has 0 atom stereocenters. The van der Waals surface area contributed by atoms with E-state index in [-0.39, 0.29) is 10.8 Å². The van der Waals surface area contributed by atoms with E-state index in [9.17, 15) is 0 Å². The van der Waals surface area contributed by atoms with Gasteiger partial charge in [0.1, 0.15) is 0 Å². The average Bonchev–Trinajstić information content (AvgIpc) is 2.97. The van der Waals surface area contributed by atoms with Gasteiger partial charge in [-0.15, -0.1) is 0 Å². The summed E-state index contributed by atoms with van der Waals surface area (Å²) in [6.45, 7) is 13.6. The van der Waals surface area contributed by atoms with E-state index in [1.165, 1.54) is 29.7 Å². The number of hydrogen-bond donors (Lipinski definition) is 0. The maximum Gasteiger partial charge on any atom is 0.0491 e. The molecule has 1 aromatic heterocycles. The molecule has 1 aliphatic rings. The van der Waals surface area contributed by atoms with Crippen molar-refractivity contribution in [3.63, 3.8) is 0 Å². The molecule has 1 aliphatic carbocycles. The van der Waals surface area contributed by atoms with Crippen molar-refractivity contribution in [2.45, 2.75) is 71.1 Å². The van der Waals surface area contributed by atoms with Crippen LogP contribution in [0, 0.1) is 0 Å². The van der Waals surface area contributed by atoms with Crippen LogP contribution in [0.2, 0.25) is 0 Å². The lowest BCUT2D eigenvalue weighted by Gasteiger charge is -2.25. The van der Waals surface area contributed by atoms with E-state index < -0.39 is 0 Å². The van der Waals surface area contributed by atoms with Crippen LogP contribution in [0.25, 0.3) is 0 Å². The second kappa shape index (κ2) is 3.83. The summed E-state index contributed by atoms with van der Waals surface area (Å²) in [5.74, 6) is 0.777. The highest BCUT2D eigenvalue weighted by atomic mass is 14.7. The van der Waals surface area contributed by atoms with Gasteiger partial charge in [-0.25, -0.2) is 0 Å². The number of hydrogen-bond acceptors (Lipinski definition) is 1. The van der Waals surface area contributed by atoms with Gasteiger partial charge in [-0.05, 0) is 35.3 Å². The van der Waals surface area contributed by atoms with Crippen LogP contribution in [0.3, 0.4) is 0 Å². The molecule has 0 saturated heterocycles. The normalized spacial score (nSPS) is 17.3. The van der Waals surface area contributed by atoms with E-state index >= 15 is 0 Å². The molecule has 1 saturated carbocycles. The van der Waals surface area contributed by atoms with Crippen molar-refractivity contribution in [2.75, 3.05) is 0 Å². The number of nitrogens with zero attached hydrogens (tertiary/aromatic N) is 1. The molecule has 0 spiro atoms. The predicted molar refractivity (Wildman–Crippen MR) is 73.6 cm³/mol. The zero-order chi connectivity index (χ0) is 12.8. The minimum Gasteiger partial charge on any atom is -0.260 e. The Kier molecular flexibility index (Phi) is 2.84. The van der Waals surface area contributed by atoms with Crippen molar-refractivity contribution in [2.24, 2.45) is 0 Å². The SMILES string of the molecule is CC(C)(C)c1cnc(C(C)(C)C)c(C2CC2)c1. The van der Waals surface area contributed by atoms with Crippen LogP contribution in [0.1, 0.15) is 77.1 Å². The molecule has 1 aromatic rings. The van der Waals surface area contributed by atoms with E-state index in [0.717, 1.165) is 5.92 Å². The van der Waals surface area contributed by atoms with E-state index in [1.807, 2.05) is 0 Å². The molecule has 94 valence electrons. The summed E-state index contributed by atoms with van der Waals surface area (Å²) in [5.41, 5.74) is 4.53. The van der Waals surface area contributed by atoms with Crippen molar-refractivity contribution in [1.29, 1.82) is 0 Å². The van der Waals surface area contributed by atoms with Crippen LogP contribution in [0.5, 0.6) is 0 Å². The summed E-state index contributed by atoms with van der Waals surface area (Å²) in [6.07, 6.45) is 4.77. The molecule has 1 heterocycles. The molecule has 17 heavy (non-hydrogen) atoms. The third-order valence-electron chi connectivity index (χ3n) is 3.51.